The average Bonchev–Trinajstić information content (AvgIpc) is 2.57. The van der Waals surface area contributed by atoms with E-state index in [-0.39, 0.29) is 5.54 Å². The van der Waals surface area contributed by atoms with Crippen LogP contribution in [0, 0.1) is 11.8 Å². The van der Waals surface area contributed by atoms with Gasteiger partial charge >= 0.3 is 0 Å². The van der Waals surface area contributed by atoms with Crippen LogP contribution < -0.4 is 4.74 Å². The van der Waals surface area contributed by atoms with Gasteiger partial charge in [0, 0.05) is 23.7 Å². The van der Waals surface area contributed by atoms with Crippen LogP contribution >= 0.6 is 0 Å². The summed E-state index contributed by atoms with van der Waals surface area (Å²) in [6.45, 7) is 9.16. The summed E-state index contributed by atoms with van der Waals surface area (Å²) in [5.74, 6) is 2.46. The first-order valence-corrected chi connectivity index (χ1v) is 9.40. The molecule has 0 N–H and O–H groups in total. The maximum absolute atomic E-state index is 5.83. The van der Waals surface area contributed by atoms with Crippen molar-refractivity contribution in [2.24, 2.45) is 11.8 Å². The summed E-state index contributed by atoms with van der Waals surface area (Å²) in [6.07, 6.45) is 11.7. The topological polar surface area (TPSA) is 12.5 Å². The molecule has 0 aromatic heterocycles. The normalized spacial score (nSPS) is 25.1. The highest BCUT2D eigenvalue weighted by atomic mass is 16.5. The van der Waals surface area contributed by atoms with Crippen molar-refractivity contribution in [2.45, 2.75) is 52.0 Å². The maximum atomic E-state index is 5.83. The highest BCUT2D eigenvalue weighted by molar-refractivity contribution is 5.25. The Morgan fingerprint density at radius 1 is 1.17 bits per heavy atom. The summed E-state index contributed by atoms with van der Waals surface area (Å²) in [6, 6.07) is 10.1. The van der Waals surface area contributed by atoms with Crippen LogP contribution in [0.25, 0.3) is 0 Å². The second-order valence-corrected chi connectivity index (χ2v) is 7.88. The fraction of sp³-hybridized carbons (Fsp3) is 0.545. The summed E-state index contributed by atoms with van der Waals surface area (Å²) < 4.78 is 5.83. The molecule has 2 heteroatoms. The van der Waals surface area contributed by atoms with E-state index >= 15 is 0 Å². The molecule has 2 unspecified atom stereocenters. The minimum absolute atomic E-state index is 0.257. The molecule has 0 spiro atoms. The van der Waals surface area contributed by atoms with Crippen molar-refractivity contribution in [3.63, 3.8) is 0 Å². The zero-order valence-corrected chi connectivity index (χ0v) is 15.4. The molecule has 0 bridgehead atoms. The third kappa shape index (κ3) is 3.85. The van der Waals surface area contributed by atoms with Gasteiger partial charge in [0.25, 0.3) is 0 Å². The van der Waals surface area contributed by atoms with Gasteiger partial charge in [-0.25, -0.2) is 0 Å². The van der Waals surface area contributed by atoms with E-state index in [2.05, 4.69) is 43.9 Å². The van der Waals surface area contributed by atoms with Crippen LogP contribution in [0.2, 0.25) is 0 Å². The quantitative estimate of drug-likeness (QED) is 0.647. The maximum Gasteiger partial charge on any atom is 0.119 e. The summed E-state index contributed by atoms with van der Waals surface area (Å²) >= 11 is 0. The minimum atomic E-state index is 0.257. The number of likely N-dealkylation sites (tertiary alicyclic amines) is 1. The molecule has 2 aliphatic rings. The van der Waals surface area contributed by atoms with E-state index in [1.807, 2.05) is 30.3 Å². The summed E-state index contributed by atoms with van der Waals surface area (Å²) in [5, 5.41) is 0. The average molecular weight is 325 g/mol. The number of nitrogens with zero attached hydrogens (tertiary/aromatic N) is 1. The Kier molecular flexibility index (Phi) is 5.33. The molecule has 1 aliphatic heterocycles. The zero-order chi connectivity index (χ0) is 17.0. The molecule has 1 heterocycles. The number of ether oxygens (including phenoxy) is 1. The SMILES string of the molecule is CC1CC(C)(C)N(CCCCOc2ccccc2)C2=CC=CCC21. The molecule has 1 aliphatic carbocycles. The fourth-order valence-corrected chi connectivity index (χ4v) is 4.35. The van der Waals surface area contributed by atoms with Crippen LogP contribution in [0.15, 0.2) is 54.3 Å². The smallest absolute Gasteiger partial charge is 0.119 e. The summed E-state index contributed by atoms with van der Waals surface area (Å²) in [4.78, 5) is 2.67. The molecule has 1 aromatic rings. The number of rotatable bonds is 6. The van der Waals surface area contributed by atoms with Crippen LogP contribution in [0.4, 0.5) is 0 Å². The molecule has 0 radical (unpaired) electrons. The van der Waals surface area contributed by atoms with E-state index in [1.54, 1.807) is 5.70 Å². The number of benzene rings is 1. The molecule has 130 valence electrons. The molecule has 1 fully saturated rings. The third-order valence-electron chi connectivity index (χ3n) is 5.51. The van der Waals surface area contributed by atoms with Gasteiger partial charge in [-0.15, -0.1) is 0 Å². The first-order valence-electron chi connectivity index (χ1n) is 9.40. The van der Waals surface area contributed by atoms with Gasteiger partial charge in [0.1, 0.15) is 5.75 Å². The Labute approximate surface area is 147 Å². The van der Waals surface area contributed by atoms with Gasteiger partial charge < -0.3 is 9.64 Å². The van der Waals surface area contributed by atoms with Crippen molar-refractivity contribution in [1.82, 2.24) is 4.90 Å². The lowest BCUT2D eigenvalue weighted by atomic mass is 9.72. The van der Waals surface area contributed by atoms with Gasteiger partial charge in [-0.3, -0.25) is 0 Å². The van der Waals surface area contributed by atoms with Gasteiger partial charge in [0.2, 0.25) is 0 Å². The number of hydrogen-bond acceptors (Lipinski definition) is 2. The van der Waals surface area contributed by atoms with Crippen molar-refractivity contribution < 1.29 is 4.74 Å². The number of para-hydroxylation sites is 1. The van der Waals surface area contributed by atoms with Crippen molar-refractivity contribution in [2.75, 3.05) is 13.2 Å². The van der Waals surface area contributed by atoms with E-state index in [0.29, 0.717) is 5.92 Å². The van der Waals surface area contributed by atoms with Crippen LogP contribution in [-0.4, -0.2) is 23.6 Å². The minimum Gasteiger partial charge on any atom is -0.494 e. The van der Waals surface area contributed by atoms with Crippen LogP contribution in [0.1, 0.15) is 46.5 Å². The van der Waals surface area contributed by atoms with Gasteiger partial charge in [-0.2, -0.15) is 0 Å². The first kappa shape index (κ1) is 17.1. The molecule has 1 saturated heterocycles. The number of hydrogen-bond donors (Lipinski definition) is 0. The molecular formula is C22H31NO. The van der Waals surface area contributed by atoms with Crippen LogP contribution in [0.3, 0.4) is 0 Å². The number of piperidine rings is 1. The molecule has 2 atom stereocenters. The highest BCUT2D eigenvalue weighted by Crippen LogP contribution is 2.44. The summed E-state index contributed by atoms with van der Waals surface area (Å²) in [7, 11) is 0. The third-order valence-corrected chi connectivity index (χ3v) is 5.51. The largest absolute Gasteiger partial charge is 0.494 e. The Balaban J connectivity index is 1.53. The predicted molar refractivity (Wildman–Crippen MR) is 101 cm³/mol. The molecule has 0 amide bonds. The van der Waals surface area contributed by atoms with E-state index < -0.39 is 0 Å². The molecule has 24 heavy (non-hydrogen) atoms. The van der Waals surface area contributed by atoms with Crippen molar-refractivity contribution in [3.05, 3.63) is 54.3 Å². The standard InChI is InChI=1S/C22H31NO/c1-18-17-22(2,3)23(21-14-8-7-13-20(18)21)15-9-10-16-24-19-11-5-4-6-12-19/h4-8,11-12,14,18,20H,9-10,13,15-17H2,1-3H3. The van der Waals surface area contributed by atoms with Crippen molar-refractivity contribution in [1.29, 1.82) is 0 Å². The lowest BCUT2D eigenvalue weighted by Crippen LogP contribution is -2.52. The molecule has 1 aromatic carbocycles. The summed E-state index contributed by atoms with van der Waals surface area (Å²) in [5.41, 5.74) is 1.82. The van der Waals surface area contributed by atoms with E-state index in [4.69, 9.17) is 4.74 Å². The Hall–Kier alpha value is -1.70. The number of allylic oxidation sites excluding steroid dienone is 4. The lowest BCUT2D eigenvalue weighted by Gasteiger charge is -2.52. The van der Waals surface area contributed by atoms with Crippen LogP contribution in [-0.2, 0) is 0 Å². The Morgan fingerprint density at radius 3 is 2.75 bits per heavy atom. The first-order chi connectivity index (χ1) is 11.6. The van der Waals surface area contributed by atoms with Gasteiger partial charge in [-0.05, 0) is 63.7 Å². The zero-order valence-electron chi connectivity index (χ0n) is 15.4. The second-order valence-electron chi connectivity index (χ2n) is 7.88. The Bertz CT molecular complexity index is 587. The highest BCUT2D eigenvalue weighted by Gasteiger charge is 2.40. The van der Waals surface area contributed by atoms with Crippen molar-refractivity contribution >= 4 is 0 Å². The Morgan fingerprint density at radius 2 is 1.96 bits per heavy atom. The van der Waals surface area contributed by atoms with Gasteiger partial charge in [0.15, 0.2) is 0 Å². The van der Waals surface area contributed by atoms with Gasteiger partial charge in [-0.1, -0.05) is 37.3 Å². The van der Waals surface area contributed by atoms with E-state index in [1.165, 1.54) is 19.3 Å². The number of fused-ring (bicyclic) bond motifs is 1. The number of unbranched alkanes of at least 4 members (excludes halogenated alkanes) is 1. The monoisotopic (exact) mass is 325 g/mol. The van der Waals surface area contributed by atoms with Gasteiger partial charge in [0.05, 0.1) is 6.61 Å². The van der Waals surface area contributed by atoms with E-state index in [0.717, 1.165) is 31.2 Å². The lowest BCUT2D eigenvalue weighted by molar-refractivity contribution is 0.0570. The molecular weight excluding hydrogens is 294 g/mol. The predicted octanol–water partition coefficient (Wildman–Crippen LogP) is 5.43. The fourth-order valence-electron chi connectivity index (χ4n) is 4.35. The van der Waals surface area contributed by atoms with Crippen molar-refractivity contribution in [3.8, 4) is 5.75 Å². The molecule has 3 rings (SSSR count). The van der Waals surface area contributed by atoms with E-state index in [9.17, 15) is 0 Å². The molecule has 0 saturated carbocycles. The van der Waals surface area contributed by atoms with Crippen LogP contribution in [0.5, 0.6) is 5.75 Å². The second kappa shape index (κ2) is 7.46. The molecule has 2 nitrogen and oxygen atoms in total.